The first-order valence-electron chi connectivity index (χ1n) is 22.2. The molecule has 26 nitrogen and oxygen atoms in total. The van der Waals surface area contributed by atoms with Gasteiger partial charge in [-0.3, -0.25) is 67.6 Å². The van der Waals surface area contributed by atoms with Crippen molar-refractivity contribution in [3.63, 3.8) is 0 Å². The van der Waals surface area contributed by atoms with Crippen LogP contribution in [0.15, 0.2) is 35.3 Å². The summed E-state index contributed by atoms with van der Waals surface area (Å²) >= 11 is 0. The van der Waals surface area contributed by atoms with Crippen molar-refractivity contribution in [1.82, 2.24) is 46.6 Å². The lowest BCUT2D eigenvalue weighted by molar-refractivity contribution is -0.145. The van der Waals surface area contributed by atoms with E-state index in [1.165, 1.54) is 0 Å². The number of carboxylic acids is 4. The lowest BCUT2D eigenvalue weighted by Gasteiger charge is -2.30. The van der Waals surface area contributed by atoms with Gasteiger partial charge in [-0.25, -0.2) is 0 Å². The van der Waals surface area contributed by atoms with Gasteiger partial charge >= 0.3 is 23.9 Å². The van der Waals surface area contributed by atoms with Crippen molar-refractivity contribution in [3.05, 3.63) is 35.9 Å². The average Bonchev–Trinajstić information content (AvgIpc) is 3.35. The third kappa shape index (κ3) is 21.1. The predicted molar refractivity (Wildman–Crippen MR) is 240 cm³/mol. The summed E-state index contributed by atoms with van der Waals surface area (Å²) in [5.41, 5.74) is 11.4. The number of amides is 6. The molecule has 0 saturated carbocycles. The molecule has 2 aliphatic rings. The summed E-state index contributed by atoms with van der Waals surface area (Å²) in [4.78, 5) is 137. The molecule has 1 aromatic carbocycles. The van der Waals surface area contributed by atoms with Crippen molar-refractivity contribution in [3.8, 4) is 0 Å². The van der Waals surface area contributed by atoms with E-state index in [0.717, 1.165) is 0 Å². The van der Waals surface area contributed by atoms with E-state index in [-0.39, 0.29) is 123 Å². The van der Waals surface area contributed by atoms with Crippen LogP contribution in [-0.2, 0) is 54.4 Å². The van der Waals surface area contributed by atoms with Crippen LogP contribution < -0.4 is 43.4 Å². The normalized spacial score (nSPS) is 21.3. The smallest absolute Gasteiger partial charge is 0.320 e. The number of carboxylic acid groups (broad SMARTS) is 4. The number of rotatable bonds is 22. The summed E-state index contributed by atoms with van der Waals surface area (Å²) in [5.74, 6) is -9.90. The van der Waals surface area contributed by atoms with Crippen molar-refractivity contribution < 1.29 is 68.4 Å². The van der Waals surface area contributed by atoms with Gasteiger partial charge in [0.15, 0.2) is 5.96 Å². The number of carbonyl (C=O) groups is 10. The minimum atomic E-state index is -1.65. The fraction of sp³-hybridized carbons (Fsp3) is 0.595. The molecule has 0 bridgehead atoms. The van der Waals surface area contributed by atoms with Gasteiger partial charge in [-0.15, -0.1) is 0 Å². The number of nitrogens with two attached hydrogens (primary N) is 2. The molecule has 376 valence electrons. The van der Waals surface area contributed by atoms with Crippen molar-refractivity contribution >= 4 is 65.3 Å². The highest BCUT2D eigenvalue weighted by Crippen LogP contribution is 2.13. The molecule has 2 heterocycles. The lowest BCUT2D eigenvalue weighted by Crippen LogP contribution is -2.58. The Balaban J connectivity index is 1.76. The molecule has 3 rings (SSSR count). The molecule has 0 aromatic heterocycles. The largest absolute Gasteiger partial charge is 0.481 e. The summed E-state index contributed by atoms with van der Waals surface area (Å²) in [6, 6.07) is 1.72. The Morgan fingerprint density at radius 2 is 1.22 bits per heavy atom. The molecular formula is C42H64N12O14. The van der Waals surface area contributed by atoms with E-state index in [0.29, 0.717) is 5.56 Å². The number of guanidine groups is 1. The Morgan fingerprint density at radius 1 is 0.676 bits per heavy atom. The standard InChI is InChI=1S/C42H64N12O14/c43-42(44)46-14-6-10-27-37(63)47-23-33(56)48-30(22-34(57)58)40(66)51-29(21-26-7-2-1-3-8-26)39(65)50-28(38(64)49-27)9-4-5-13-45-32(55)12-11-31(41(67)68)54-19-17-52(24-35(59)60)15-16-53(18-20-54)25-36(61)62/h1-3,7-8,27-31H,4-6,9-25H2,(H,45,55)(H,47,63)(H,48,56)(H,49,64)(H,50,65)(H,51,66)(H,57,58)(H,59,60)(H,61,62)(H,67,68)(H4,43,44,46)/t27-,28-,29+,30-,31?/m0/s1. The number of unbranched alkanes of at least 4 members (excludes halogenated alkanes) is 1. The number of carbonyl (C=O) groups excluding carboxylic acids is 6. The van der Waals surface area contributed by atoms with E-state index < -0.39 is 102 Å². The second-order valence-corrected chi connectivity index (χ2v) is 16.4. The van der Waals surface area contributed by atoms with Crippen molar-refractivity contribution in [2.45, 2.75) is 88.0 Å². The second kappa shape index (κ2) is 29.0. The fourth-order valence-corrected chi connectivity index (χ4v) is 7.53. The zero-order valence-electron chi connectivity index (χ0n) is 37.7. The first kappa shape index (κ1) is 55.4. The molecule has 2 aliphatic heterocycles. The SMILES string of the molecule is NC(N)=NCCC[C@@H]1NC(=O)[C@H](CCCCNC(=O)CCC(C(=O)O)N2CCN(CC(=O)O)CCN(CC(=O)O)CC2)NC(=O)[C@@H](Cc2ccccc2)NC(=O)[C@H](CC(=O)O)NC(=O)CNC1=O. The van der Waals surface area contributed by atoms with Crippen molar-refractivity contribution in [1.29, 1.82) is 0 Å². The third-order valence-corrected chi connectivity index (χ3v) is 11.0. The number of aliphatic carboxylic acids is 4. The maximum atomic E-state index is 14.0. The van der Waals surface area contributed by atoms with Crippen LogP contribution in [0.3, 0.4) is 0 Å². The van der Waals surface area contributed by atoms with Crippen LogP contribution in [0.25, 0.3) is 0 Å². The molecule has 1 unspecified atom stereocenters. The van der Waals surface area contributed by atoms with Gasteiger partial charge in [0.25, 0.3) is 0 Å². The van der Waals surface area contributed by atoms with Crippen LogP contribution in [0.1, 0.15) is 56.9 Å². The minimum Gasteiger partial charge on any atom is -0.481 e. The maximum absolute atomic E-state index is 14.0. The van der Waals surface area contributed by atoms with E-state index in [9.17, 15) is 68.4 Å². The molecule has 14 N–H and O–H groups in total. The van der Waals surface area contributed by atoms with Gasteiger partial charge in [-0.2, -0.15) is 0 Å². The highest BCUT2D eigenvalue weighted by Gasteiger charge is 2.34. The summed E-state index contributed by atoms with van der Waals surface area (Å²) in [5, 5.41) is 53.6. The molecule has 26 heteroatoms. The van der Waals surface area contributed by atoms with Gasteiger partial charge in [0.1, 0.15) is 30.2 Å². The number of hydrogen-bond acceptors (Lipinski definition) is 14. The van der Waals surface area contributed by atoms with Gasteiger partial charge in [0.2, 0.25) is 35.4 Å². The van der Waals surface area contributed by atoms with Gasteiger partial charge in [0, 0.05) is 65.2 Å². The van der Waals surface area contributed by atoms with Crippen molar-refractivity contribution in [2.75, 3.05) is 72.0 Å². The van der Waals surface area contributed by atoms with Gasteiger partial charge < -0.3 is 63.8 Å². The fourth-order valence-electron chi connectivity index (χ4n) is 7.53. The molecule has 2 fully saturated rings. The molecule has 68 heavy (non-hydrogen) atoms. The lowest BCUT2D eigenvalue weighted by atomic mass is 10.0. The monoisotopic (exact) mass is 960 g/mol. The highest BCUT2D eigenvalue weighted by molar-refractivity contribution is 5.98. The zero-order valence-corrected chi connectivity index (χ0v) is 37.7. The number of hydrogen-bond donors (Lipinski definition) is 12. The van der Waals surface area contributed by atoms with Crippen LogP contribution in [0.2, 0.25) is 0 Å². The molecule has 1 aromatic rings. The zero-order chi connectivity index (χ0) is 50.2. The van der Waals surface area contributed by atoms with E-state index in [4.69, 9.17) is 11.5 Å². The quantitative estimate of drug-likeness (QED) is 0.0296. The summed E-state index contributed by atoms with van der Waals surface area (Å²) in [6.45, 7) is 0.0398. The van der Waals surface area contributed by atoms with E-state index >= 15 is 0 Å². The Morgan fingerprint density at radius 3 is 1.79 bits per heavy atom. The van der Waals surface area contributed by atoms with Gasteiger partial charge in [0.05, 0.1) is 26.1 Å². The topological polar surface area (TPSA) is 398 Å². The number of aliphatic imine (C=N–C) groups is 1. The predicted octanol–water partition coefficient (Wildman–Crippen LogP) is -4.56. The molecule has 5 atom stereocenters. The summed E-state index contributed by atoms with van der Waals surface area (Å²) in [7, 11) is 0. The Hall–Kier alpha value is -6.93. The maximum Gasteiger partial charge on any atom is 0.320 e. The van der Waals surface area contributed by atoms with E-state index in [1.807, 2.05) is 0 Å². The molecule has 6 amide bonds. The second-order valence-electron chi connectivity index (χ2n) is 16.4. The van der Waals surface area contributed by atoms with Crippen LogP contribution in [0.5, 0.6) is 0 Å². The number of nitrogens with one attached hydrogen (secondary N) is 6. The Labute approximate surface area is 392 Å². The molecule has 0 aliphatic carbocycles. The summed E-state index contributed by atoms with van der Waals surface area (Å²) < 4.78 is 0. The van der Waals surface area contributed by atoms with Gasteiger partial charge in [-0.05, 0) is 44.1 Å². The number of benzene rings is 1. The van der Waals surface area contributed by atoms with Crippen LogP contribution in [-0.4, -0.2) is 203 Å². The highest BCUT2D eigenvalue weighted by atomic mass is 16.4. The van der Waals surface area contributed by atoms with Crippen molar-refractivity contribution in [2.24, 2.45) is 16.5 Å². The van der Waals surface area contributed by atoms with Crippen LogP contribution in [0, 0.1) is 0 Å². The molecule has 0 spiro atoms. The molecule has 2 saturated heterocycles. The first-order valence-corrected chi connectivity index (χ1v) is 22.2. The summed E-state index contributed by atoms with van der Waals surface area (Å²) in [6.07, 6.45) is -0.689. The average molecular weight is 961 g/mol. The molecule has 0 radical (unpaired) electrons. The van der Waals surface area contributed by atoms with Crippen LogP contribution >= 0.6 is 0 Å². The minimum absolute atomic E-state index is 0.0200. The van der Waals surface area contributed by atoms with E-state index in [2.05, 4.69) is 36.9 Å². The third-order valence-electron chi connectivity index (χ3n) is 11.0. The van der Waals surface area contributed by atoms with E-state index in [1.54, 1.807) is 45.0 Å². The van der Waals surface area contributed by atoms with Crippen LogP contribution in [0.4, 0.5) is 0 Å². The molecular weight excluding hydrogens is 897 g/mol. The Bertz CT molecular complexity index is 1930. The number of nitrogens with zero attached hydrogens (tertiary/aromatic N) is 4. The Kier molecular flexibility index (Phi) is 23.6. The van der Waals surface area contributed by atoms with Gasteiger partial charge in [-0.1, -0.05) is 30.3 Å². The first-order chi connectivity index (χ1) is 32.3.